The number of H-pyrrole nitrogens is 1. The van der Waals surface area contributed by atoms with E-state index in [1.165, 1.54) is 4.90 Å². The van der Waals surface area contributed by atoms with Crippen LogP contribution in [0.1, 0.15) is 46.7 Å². The Bertz CT molecular complexity index is 1450. The van der Waals surface area contributed by atoms with Crippen molar-refractivity contribution in [3.8, 4) is 5.75 Å². The second-order valence-corrected chi connectivity index (χ2v) is 9.75. The number of halogens is 1. The summed E-state index contributed by atoms with van der Waals surface area (Å²) < 4.78 is 10.9. The fourth-order valence-electron chi connectivity index (χ4n) is 4.90. The second kappa shape index (κ2) is 10.5. The standard InChI is InChI=1S/C26H28ClN7O4/c1-13-10-29-18(14(2)22(13)37-3)12-34-24-21(23(27)32-26(28)33-24)17(25(34)36)9-20-30-11-16(31-20)8-19(35)15-4-6-38-7-5-15/h9-11,15H,4-8,12H2,1-3H3,(H,30,31)(H2,28,32,33)/b17-9-. The van der Waals surface area contributed by atoms with Crippen LogP contribution in [0.15, 0.2) is 12.4 Å². The van der Waals surface area contributed by atoms with Gasteiger partial charge in [0.1, 0.15) is 22.5 Å². The van der Waals surface area contributed by atoms with Crippen LogP contribution in [0.4, 0.5) is 11.8 Å². The van der Waals surface area contributed by atoms with E-state index in [2.05, 4.69) is 24.9 Å². The number of amides is 1. The summed E-state index contributed by atoms with van der Waals surface area (Å²) in [6, 6.07) is 0. The van der Waals surface area contributed by atoms with E-state index in [9.17, 15) is 9.59 Å². The molecule has 2 aliphatic rings. The first-order valence-corrected chi connectivity index (χ1v) is 12.6. The number of fused-ring (bicyclic) bond motifs is 1. The number of methoxy groups -OCH3 is 1. The number of pyridine rings is 1. The average molecular weight is 538 g/mol. The number of aryl methyl sites for hydroxylation is 1. The Balaban J connectivity index is 1.45. The van der Waals surface area contributed by atoms with E-state index in [0.29, 0.717) is 47.6 Å². The monoisotopic (exact) mass is 537 g/mol. The maximum Gasteiger partial charge on any atom is 0.260 e. The number of aromatic amines is 1. The molecule has 0 radical (unpaired) electrons. The van der Waals surface area contributed by atoms with Gasteiger partial charge in [0, 0.05) is 54.8 Å². The molecule has 3 aromatic heterocycles. The van der Waals surface area contributed by atoms with Gasteiger partial charge in [-0.1, -0.05) is 11.6 Å². The van der Waals surface area contributed by atoms with Crippen molar-refractivity contribution in [1.29, 1.82) is 0 Å². The van der Waals surface area contributed by atoms with Crippen LogP contribution in [0.2, 0.25) is 5.15 Å². The maximum absolute atomic E-state index is 13.7. The van der Waals surface area contributed by atoms with Crippen molar-refractivity contribution in [3.05, 3.63) is 51.4 Å². The van der Waals surface area contributed by atoms with Crippen molar-refractivity contribution in [2.75, 3.05) is 31.0 Å². The van der Waals surface area contributed by atoms with E-state index in [0.717, 1.165) is 24.0 Å². The van der Waals surface area contributed by atoms with Crippen LogP contribution < -0.4 is 15.4 Å². The summed E-state index contributed by atoms with van der Waals surface area (Å²) in [5.74, 6) is 1.15. The zero-order chi connectivity index (χ0) is 27.0. The number of carbonyl (C=O) groups is 2. The maximum atomic E-state index is 13.7. The number of carbonyl (C=O) groups excluding carboxylic acids is 2. The highest BCUT2D eigenvalue weighted by atomic mass is 35.5. The van der Waals surface area contributed by atoms with E-state index in [4.69, 9.17) is 26.8 Å². The van der Waals surface area contributed by atoms with Crippen molar-refractivity contribution in [1.82, 2.24) is 24.9 Å². The van der Waals surface area contributed by atoms with Gasteiger partial charge in [-0.25, -0.2) is 9.97 Å². The zero-order valence-corrected chi connectivity index (χ0v) is 22.1. The van der Waals surface area contributed by atoms with Gasteiger partial charge in [0.2, 0.25) is 5.95 Å². The van der Waals surface area contributed by atoms with Crippen LogP contribution in [-0.4, -0.2) is 56.9 Å². The SMILES string of the molecule is COc1c(C)cnc(CN2C(=O)/C(=C\c3ncc(CC(=O)C4CCOCC4)[nH]3)c3c(Cl)nc(N)nc32)c1C. The van der Waals surface area contributed by atoms with Crippen molar-refractivity contribution >= 4 is 46.7 Å². The van der Waals surface area contributed by atoms with Gasteiger partial charge in [-0.15, -0.1) is 0 Å². The molecule has 0 bridgehead atoms. The molecule has 0 unspecified atom stereocenters. The summed E-state index contributed by atoms with van der Waals surface area (Å²) in [5.41, 5.74) is 9.52. The Labute approximate surface area is 224 Å². The van der Waals surface area contributed by atoms with E-state index in [-0.39, 0.29) is 47.2 Å². The normalized spacial score (nSPS) is 16.8. The van der Waals surface area contributed by atoms with Crippen LogP contribution in [0.25, 0.3) is 11.6 Å². The molecule has 0 aliphatic carbocycles. The molecular weight excluding hydrogens is 510 g/mol. The highest BCUT2D eigenvalue weighted by Crippen LogP contribution is 2.41. The minimum absolute atomic E-state index is 0.00965. The number of ketones is 1. The van der Waals surface area contributed by atoms with E-state index >= 15 is 0 Å². The quantitative estimate of drug-likeness (QED) is 0.342. The molecule has 198 valence electrons. The second-order valence-electron chi connectivity index (χ2n) is 9.39. The molecule has 3 aromatic rings. The predicted octanol–water partition coefficient (Wildman–Crippen LogP) is 3.08. The third-order valence-corrected chi connectivity index (χ3v) is 7.17. The van der Waals surface area contributed by atoms with Crippen LogP contribution in [0, 0.1) is 19.8 Å². The first kappa shape index (κ1) is 25.8. The molecule has 38 heavy (non-hydrogen) atoms. The fraction of sp³-hybridized carbons (Fsp3) is 0.385. The van der Waals surface area contributed by atoms with Gasteiger partial charge in [0.25, 0.3) is 5.91 Å². The molecular formula is C26H28ClN7O4. The van der Waals surface area contributed by atoms with Gasteiger partial charge >= 0.3 is 0 Å². The molecule has 0 atom stereocenters. The molecule has 1 fully saturated rings. The van der Waals surface area contributed by atoms with E-state index in [1.807, 2.05) is 13.8 Å². The Kier molecular flexibility index (Phi) is 7.13. The van der Waals surface area contributed by atoms with Crippen LogP contribution in [0.5, 0.6) is 5.75 Å². The van der Waals surface area contributed by atoms with Crippen LogP contribution in [-0.2, 0) is 27.3 Å². The lowest BCUT2D eigenvalue weighted by Crippen LogP contribution is -2.27. The van der Waals surface area contributed by atoms with Gasteiger partial charge in [-0.05, 0) is 32.8 Å². The number of nitrogens with two attached hydrogens (primary N) is 1. The summed E-state index contributed by atoms with van der Waals surface area (Å²) in [7, 11) is 1.60. The van der Waals surface area contributed by atoms with Crippen molar-refractivity contribution in [2.45, 2.75) is 39.7 Å². The molecule has 11 nitrogen and oxygen atoms in total. The summed E-state index contributed by atoms with van der Waals surface area (Å²) in [6.45, 7) is 5.13. The lowest BCUT2D eigenvalue weighted by atomic mass is 9.93. The number of anilines is 2. The first-order valence-electron chi connectivity index (χ1n) is 12.3. The topological polar surface area (TPSA) is 149 Å². The summed E-state index contributed by atoms with van der Waals surface area (Å²) in [5, 5.41) is 0.0576. The van der Waals surface area contributed by atoms with Crippen molar-refractivity contribution in [2.24, 2.45) is 5.92 Å². The summed E-state index contributed by atoms with van der Waals surface area (Å²) in [4.78, 5) is 48.2. The van der Waals surface area contributed by atoms with Crippen molar-refractivity contribution in [3.63, 3.8) is 0 Å². The lowest BCUT2D eigenvalue weighted by molar-refractivity contribution is -0.125. The van der Waals surface area contributed by atoms with Gasteiger partial charge in [0.15, 0.2) is 5.82 Å². The Morgan fingerprint density at radius 2 is 2.03 bits per heavy atom. The number of hydrogen-bond acceptors (Lipinski definition) is 9. The number of rotatable bonds is 7. The molecule has 2 aliphatic heterocycles. The molecule has 1 saturated heterocycles. The Hall–Kier alpha value is -3.83. The molecule has 3 N–H and O–H groups in total. The minimum atomic E-state index is -0.348. The lowest BCUT2D eigenvalue weighted by Gasteiger charge is -2.20. The highest BCUT2D eigenvalue weighted by Gasteiger charge is 2.38. The summed E-state index contributed by atoms with van der Waals surface area (Å²) >= 11 is 6.46. The predicted molar refractivity (Wildman–Crippen MR) is 142 cm³/mol. The Morgan fingerprint density at radius 3 is 2.76 bits per heavy atom. The van der Waals surface area contributed by atoms with Crippen LogP contribution in [0.3, 0.4) is 0 Å². The van der Waals surface area contributed by atoms with E-state index < -0.39 is 0 Å². The smallest absolute Gasteiger partial charge is 0.260 e. The van der Waals surface area contributed by atoms with Crippen molar-refractivity contribution < 1.29 is 19.1 Å². The van der Waals surface area contributed by atoms with Gasteiger partial charge in [-0.3, -0.25) is 19.5 Å². The molecule has 0 aromatic carbocycles. The Morgan fingerprint density at radius 1 is 1.26 bits per heavy atom. The van der Waals surface area contributed by atoms with Gasteiger partial charge in [-0.2, -0.15) is 4.98 Å². The highest BCUT2D eigenvalue weighted by molar-refractivity contribution is 6.41. The number of ether oxygens (including phenoxy) is 2. The molecule has 12 heteroatoms. The molecule has 1 amide bonds. The fourth-order valence-corrected chi connectivity index (χ4v) is 5.18. The van der Waals surface area contributed by atoms with E-state index in [1.54, 1.807) is 25.6 Å². The average Bonchev–Trinajstić information content (AvgIpc) is 3.44. The number of hydrogen-bond donors (Lipinski definition) is 2. The summed E-state index contributed by atoms with van der Waals surface area (Å²) in [6.07, 6.45) is 6.59. The number of imidazole rings is 1. The van der Waals surface area contributed by atoms with Gasteiger partial charge in [0.05, 0.1) is 30.5 Å². The first-order chi connectivity index (χ1) is 18.3. The molecule has 5 rings (SSSR count). The van der Waals surface area contributed by atoms with Gasteiger partial charge < -0.3 is 20.2 Å². The van der Waals surface area contributed by atoms with Crippen LogP contribution >= 0.6 is 11.6 Å². The molecule has 0 spiro atoms. The zero-order valence-electron chi connectivity index (χ0n) is 21.4. The number of Topliss-reactive ketones (excluding diaryl/α,β-unsaturated/α-hetero) is 1. The number of nitrogens with one attached hydrogen (secondary N) is 1. The molecule has 5 heterocycles. The molecule has 0 saturated carbocycles. The number of nitrogen functional groups attached to an aromatic ring is 1. The largest absolute Gasteiger partial charge is 0.496 e. The number of aromatic nitrogens is 5. The number of nitrogens with zero attached hydrogens (tertiary/aromatic N) is 5. The third kappa shape index (κ3) is 4.86. The third-order valence-electron chi connectivity index (χ3n) is 6.89. The minimum Gasteiger partial charge on any atom is -0.496 e.